The van der Waals surface area contributed by atoms with Crippen LogP contribution in [0.15, 0.2) is 4.99 Å². The Labute approximate surface area is 127 Å². The van der Waals surface area contributed by atoms with E-state index in [-0.39, 0.29) is 6.10 Å². The van der Waals surface area contributed by atoms with Crippen molar-refractivity contribution in [2.45, 2.75) is 31.9 Å². The van der Waals surface area contributed by atoms with Crippen molar-refractivity contribution in [1.29, 1.82) is 0 Å². The molecule has 1 unspecified atom stereocenters. The zero-order chi connectivity index (χ0) is 14.7. The summed E-state index contributed by atoms with van der Waals surface area (Å²) >= 11 is 0. The van der Waals surface area contributed by atoms with Gasteiger partial charge >= 0.3 is 0 Å². The summed E-state index contributed by atoms with van der Waals surface area (Å²) < 4.78 is 0. The van der Waals surface area contributed by atoms with Gasteiger partial charge in [0.1, 0.15) is 0 Å². The van der Waals surface area contributed by atoms with Gasteiger partial charge < -0.3 is 15.3 Å². The number of hydrogen-bond acceptors (Lipinski definition) is 4. The van der Waals surface area contributed by atoms with Gasteiger partial charge in [-0.3, -0.25) is 14.8 Å². The van der Waals surface area contributed by atoms with E-state index in [1.165, 1.54) is 32.7 Å². The number of nitrogens with one attached hydrogen (secondary N) is 1. The maximum absolute atomic E-state index is 9.64. The Kier molecular flexibility index (Phi) is 4.98. The molecule has 4 fully saturated rings. The van der Waals surface area contributed by atoms with Gasteiger partial charge in [-0.1, -0.05) is 0 Å². The summed E-state index contributed by atoms with van der Waals surface area (Å²) in [6.07, 6.45) is 1.58. The molecule has 4 heterocycles. The van der Waals surface area contributed by atoms with E-state index in [9.17, 15) is 5.11 Å². The minimum atomic E-state index is -0.128. The number of fused-ring (bicyclic) bond motifs is 3. The van der Waals surface area contributed by atoms with Crippen LogP contribution >= 0.6 is 0 Å². The lowest BCUT2D eigenvalue weighted by Gasteiger charge is -2.47. The number of hydrogen-bond donors (Lipinski definition) is 2. The molecular formula is C15H29N5O. The number of piperidine rings is 1. The molecule has 120 valence electrons. The molecule has 1 atom stereocenters. The van der Waals surface area contributed by atoms with E-state index < -0.39 is 0 Å². The minimum Gasteiger partial charge on any atom is -0.393 e. The summed E-state index contributed by atoms with van der Waals surface area (Å²) in [4.78, 5) is 12.3. The van der Waals surface area contributed by atoms with E-state index >= 15 is 0 Å². The van der Waals surface area contributed by atoms with Gasteiger partial charge in [0.25, 0.3) is 0 Å². The Morgan fingerprint density at radius 2 is 1.86 bits per heavy atom. The first kappa shape index (κ1) is 15.1. The van der Waals surface area contributed by atoms with Crippen LogP contribution in [0, 0.1) is 0 Å². The van der Waals surface area contributed by atoms with Crippen LogP contribution < -0.4 is 5.32 Å². The van der Waals surface area contributed by atoms with Crippen LogP contribution in [-0.4, -0.2) is 96.8 Å². The summed E-state index contributed by atoms with van der Waals surface area (Å²) in [5.74, 6) is 1.03. The standard InChI is InChI=1S/C15H29N5O/c1-2-16-15(20-5-3-14(21)4-6-20)17-11-13-12-18-7-9-19(13)10-8-18/h13-14,21H,2-12H2,1H3,(H,16,17). The number of piperazine rings is 3. The SMILES string of the molecule is CCNC(=NCC1CN2CCN1CC2)N1CCC(O)CC1. The van der Waals surface area contributed by atoms with Crippen molar-refractivity contribution in [1.82, 2.24) is 20.0 Å². The average Bonchev–Trinajstić information content (AvgIpc) is 2.53. The largest absolute Gasteiger partial charge is 0.393 e. The number of aliphatic hydroxyl groups is 1. The van der Waals surface area contributed by atoms with Gasteiger partial charge in [0.15, 0.2) is 5.96 Å². The first-order valence-corrected chi connectivity index (χ1v) is 8.44. The number of aliphatic hydroxyl groups excluding tert-OH is 1. The van der Waals surface area contributed by atoms with Gasteiger partial charge in [0.2, 0.25) is 0 Å². The number of guanidine groups is 1. The zero-order valence-corrected chi connectivity index (χ0v) is 13.2. The lowest BCUT2D eigenvalue weighted by molar-refractivity contribution is 0.0172. The highest BCUT2D eigenvalue weighted by molar-refractivity contribution is 5.80. The fourth-order valence-corrected chi connectivity index (χ4v) is 3.59. The normalized spacial score (nSPS) is 34.3. The predicted molar refractivity (Wildman–Crippen MR) is 84.6 cm³/mol. The summed E-state index contributed by atoms with van der Waals surface area (Å²) in [7, 11) is 0. The van der Waals surface area contributed by atoms with Crippen LogP contribution in [0.1, 0.15) is 19.8 Å². The van der Waals surface area contributed by atoms with Crippen molar-refractivity contribution in [3.63, 3.8) is 0 Å². The Morgan fingerprint density at radius 1 is 1.14 bits per heavy atom. The van der Waals surface area contributed by atoms with Gasteiger partial charge in [-0.25, -0.2) is 0 Å². The van der Waals surface area contributed by atoms with Crippen LogP contribution in [0.2, 0.25) is 0 Å². The van der Waals surface area contributed by atoms with Gasteiger partial charge in [0.05, 0.1) is 12.6 Å². The van der Waals surface area contributed by atoms with Gasteiger partial charge in [-0.05, 0) is 19.8 Å². The van der Waals surface area contributed by atoms with Gasteiger partial charge in [-0.15, -0.1) is 0 Å². The summed E-state index contributed by atoms with van der Waals surface area (Å²) in [5.41, 5.74) is 0. The molecule has 0 aromatic heterocycles. The third kappa shape index (κ3) is 3.67. The topological polar surface area (TPSA) is 54.3 Å². The highest BCUT2D eigenvalue weighted by atomic mass is 16.3. The van der Waals surface area contributed by atoms with E-state index in [4.69, 9.17) is 4.99 Å². The molecule has 4 saturated heterocycles. The third-order valence-corrected chi connectivity index (χ3v) is 4.94. The van der Waals surface area contributed by atoms with Crippen LogP contribution in [0.25, 0.3) is 0 Å². The fourth-order valence-electron chi connectivity index (χ4n) is 3.59. The Hall–Kier alpha value is -0.850. The average molecular weight is 295 g/mol. The highest BCUT2D eigenvalue weighted by Crippen LogP contribution is 2.16. The van der Waals surface area contributed by atoms with Gasteiger partial charge in [-0.2, -0.15) is 0 Å². The molecule has 0 aromatic rings. The molecule has 6 nitrogen and oxygen atoms in total. The first-order chi connectivity index (χ1) is 10.3. The molecule has 4 aliphatic heterocycles. The maximum atomic E-state index is 9.64. The molecule has 0 spiro atoms. The van der Waals surface area contributed by atoms with Crippen LogP contribution in [0.4, 0.5) is 0 Å². The van der Waals surface area contributed by atoms with Crippen molar-refractivity contribution in [3.05, 3.63) is 0 Å². The lowest BCUT2D eigenvalue weighted by Crippen LogP contribution is -2.62. The molecule has 2 N–H and O–H groups in total. The second-order valence-electron chi connectivity index (χ2n) is 6.40. The molecule has 0 radical (unpaired) electrons. The van der Waals surface area contributed by atoms with E-state index in [0.717, 1.165) is 45.0 Å². The first-order valence-electron chi connectivity index (χ1n) is 8.44. The zero-order valence-electron chi connectivity index (χ0n) is 13.2. The summed E-state index contributed by atoms with van der Waals surface area (Å²) in [6, 6.07) is 0.580. The number of rotatable bonds is 3. The maximum Gasteiger partial charge on any atom is 0.193 e. The molecular weight excluding hydrogens is 266 g/mol. The van der Waals surface area contributed by atoms with Crippen molar-refractivity contribution in [2.24, 2.45) is 4.99 Å². The molecule has 4 rings (SSSR count). The number of likely N-dealkylation sites (tertiary alicyclic amines) is 1. The van der Waals surface area contributed by atoms with Crippen molar-refractivity contribution < 1.29 is 5.11 Å². The highest BCUT2D eigenvalue weighted by Gasteiger charge is 2.31. The minimum absolute atomic E-state index is 0.128. The molecule has 0 aromatic carbocycles. The van der Waals surface area contributed by atoms with Crippen molar-refractivity contribution >= 4 is 5.96 Å². The number of aliphatic imine (C=N–C) groups is 1. The molecule has 2 bridgehead atoms. The Balaban J connectivity index is 1.58. The number of nitrogens with zero attached hydrogens (tertiary/aromatic N) is 4. The molecule has 0 amide bonds. The van der Waals surface area contributed by atoms with E-state index in [0.29, 0.717) is 6.04 Å². The lowest BCUT2D eigenvalue weighted by atomic mass is 10.1. The van der Waals surface area contributed by atoms with Crippen molar-refractivity contribution in [2.75, 3.05) is 58.9 Å². The third-order valence-electron chi connectivity index (χ3n) is 4.94. The quantitative estimate of drug-likeness (QED) is 0.538. The Bertz CT molecular complexity index is 359. The van der Waals surface area contributed by atoms with E-state index in [1.54, 1.807) is 0 Å². The van der Waals surface area contributed by atoms with E-state index in [2.05, 4.69) is 26.9 Å². The smallest absolute Gasteiger partial charge is 0.193 e. The van der Waals surface area contributed by atoms with Crippen LogP contribution in [0.5, 0.6) is 0 Å². The molecule has 0 saturated carbocycles. The second-order valence-corrected chi connectivity index (χ2v) is 6.40. The Morgan fingerprint density at radius 3 is 2.43 bits per heavy atom. The predicted octanol–water partition coefficient (Wildman–Crippen LogP) is -0.592. The summed E-state index contributed by atoms with van der Waals surface area (Å²) in [5, 5.41) is 13.1. The fraction of sp³-hybridized carbons (Fsp3) is 0.933. The van der Waals surface area contributed by atoms with E-state index in [1.807, 2.05) is 0 Å². The molecule has 0 aliphatic carbocycles. The second kappa shape index (κ2) is 6.94. The molecule has 6 heteroatoms. The van der Waals surface area contributed by atoms with Crippen molar-refractivity contribution in [3.8, 4) is 0 Å². The molecule has 21 heavy (non-hydrogen) atoms. The molecule has 4 aliphatic rings. The van der Waals surface area contributed by atoms with Crippen LogP contribution in [0.3, 0.4) is 0 Å². The van der Waals surface area contributed by atoms with Gasteiger partial charge in [0, 0.05) is 58.4 Å². The van der Waals surface area contributed by atoms with Crippen LogP contribution in [-0.2, 0) is 0 Å². The summed E-state index contributed by atoms with van der Waals surface area (Å²) in [6.45, 7) is 11.7. The monoisotopic (exact) mass is 295 g/mol.